The molecule has 1 saturated heterocycles. The molecule has 1 aliphatic heterocycles. The number of piperidine rings is 1. The monoisotopic (exact) mass is 457 g/mol. The van der Waals surface area contributed by atoms with Crippen LogP contribution < -0.4 is 9.62 Å². The molecule has 1 aromatic heterocycles. The van der Waals surface area contributed by atoms with Crippen LogP contribution in [0.15, 0.2) is 46.0 Å². The molecule has 1 N–H and O–H groups in total. The third-order valence-corrected chi connectivity index (χ3v) is 9.37. The minimum absolute atomic E-state index is 0.197. The van der Waals surface area contributed by atoms with Gasteiger partial charge >= 0.3 is 0 Å². The first-order valence-corrected chi connectivity index (χ1v) is 13.1. The van der Waals surface area contributed by atoms with E-state index < -0.39 is 20.0 Å². The molecule has 0 atom stereocenters. The van der Waals surface area contributed by atoms with Crippen molar-refractivity contribution < 1.29 is 21.6 Å². The highest BCUT2D eigenvalue weighted by atomic mass is 32.2. The van der Waals surface area contributed by atoms with Crippen LogP contribution in [0.1, 0.15) is 12.8 Å². The summed E-state index contributed by atoms with van der Waals surface area (Å²) in [7, 11) is -5.45. The van der Waals surface area contributed by atoms with E-state index in [1.165, 1.54) is 22.7 Å². The largest absolute Gasteiger partial charge is 0.326 e. The molecule has 1 aromatic carbocycles. The minimum atomic E-state index is -3.50. The summed E-state index contributed by atoms with van der Waals surface area (Å²) in [5.74, 6) is -0.501. The summed E-state index contributed by atoms with van der Waals surface area (Å²) in [5, 5.41) is 4.54. The van der Waals surface area contributed by atoms with Gasteiger partial charge in [-0.15, -0.1) is 11.3 Å². The van der Waals surface area contributed by atoms with Gasteiger partial charge in [0.05, 0.1) is 11.9 Å². The number of rotatable bonds is 6. The summed E-state index contributed by atoms with van der Waals surface area (Å²) in [6, 6.07) is 9.88. The Morgan fingerprint density at radius 1 is 1.14 bits per heavy atom. The third-order valence-electron chi connectivity index (χ3n) is 4.89. The first-order chi connectivity index (χ1) is 13.6. The van der Waals surface area contributed by atoms with Crippen LogP contribution in [-0.4, -0.2) is 53.4 Å². The highest BCUT2D eigenvalue weighted by Gasteiger charge is 2.32. The summed E-state index contributed by atoms with van der Waals surface area (Å²) in [6.45, 7) is 0.574. The van der Waals surface area contributed by atoms with Crippen molar-refractivity contribution in [2.75, 3.05) is 36.0 Å². The van der Waals surface area contributed by atoms with Gasteiger partial charge in [0.2, 0.25) is 15.9 Å². The van der Waals surface area contributed by atoms with Crippen molar-refractivity contribution in [2.45, 2.75) is 17.1 Å². The van der Waals surface area contributed by atoms with E-state index in [-0.39, 0.29) is 24.9 Å². The zero-order valence-electron chi connectivity index (χ0n) is 16.1. The Hall–Kier alpha value is -1.95. The fourth-order valence-electron chi connectivity index (χ4n) is 3.11. The summed E-state index contributed by atoms with van der Waals surface area (Å²) in [4.78, 5) is 12.6. The zero-order chi connectivity index (χ0) is 21.2. The Labute approximate surface area is 175 Å². The van der Waals surface area contributed by atoms with Gasteiger partial charge < -0.3 is 5.32 Å². The molecule has 1 fully saturated rings. The van der Waals surface area contributed by atoms with Gasteiger partial charge in [0, 0.05) is 31.7 Å². The second-order valence-electron chi connectivity index (χ2n) is 6.88. The molecule has 0 unspecified atom stereocenters. The van der Waals surface area contributed by atoms with E-state index in [4.69, 9.17) is 0 Å². The Morgan fingerprint density at radius 3 is 2.41 bits per heavy atom. The first-order valence-electron chi connectivity index (χ1n) is 8.97. The van der Waals surface area contributed by atoms with Crippen LogP contribution in [0.4, 0.5) is 11.4 Å². The van der Waals surface area contributed by atoms with E-state index in [9.17, 15) is 21.6 Å². The fraction of sp³-hybridized carbons (Fsp3) is 0.389. The van der Waals surface area contributed by atoms with Gasteiger partial charge in [0.1, 0.15) is 4.21 Å². The van der Waals surface area contributed by atoms with Gasteiger partial charge in [-0.3, -0.25) is 9.10 Å². The predicted molar refractivity (Wildman–Crippen MR) is 114 cm³/mol. The number of nitrogens with one attached hydrogen (secondary N) is 1. The zero-order valence-corrected chi connectivity index (χ0v) is 18.6. The molecule has 0 aliphatic carbocycles. The van der Waals surface area contributed by atoms with E-state index in [2.05, 4.69) is 5.32 Å². The van der Waals surface area contributed by atoms with Crippen molar-refractivity contribution in [3.63, 3.8) is 0 Å². The normalized spacial score (nSPS) is 16.5. The molecule has 0 saturated carbocycles. The molecule has 29 heavy (non-hydrogen) atoms. The highest BCUT2D eigenvalue weighted by Crippen LogP contribution is 2.27. The summed E-state index contributed by atoms with van der Waals surface area (Å²) in [5.41, 5.74) is 0.943. The van der Waals surface area contributed by atoms with Crippen LogP contribution in [-0.2, 0) is 24.8 Å². The van der Waals surface area contributed by atoms with Crippen LogP contribution in [0, 0.1) is 5.92 Å². The molecule has 0 spiro atoms. The second kappa shape index (κ2) is 8.42. The molecule has 8 nitrogen and oxygen atoms in total. The number of thiophene rings is 1. The molecular weight excluding hydrogens is 434 g/mol. The summed E-state index contributed by atoms with van der Waals surface area (Å²) >= 11 is 1.18. The summed E-state index contributed by atoms with van der Waals surface area (Å²) in [6.07, 6.45) is 1.97. The van der Waals surface area contributed by atoms with Crippen molar-refractivity contribution in [3.05, 3.63) is 41.8 Å². The lowest BCUT2D eigenvalue weighted by Crippen LogP contribution is -2.41. The molecule has 1 amide bonds. The van der Waals surface area contributed by atoms with Gasteiger partial charge in [-0.25, -0.2) is 16.8 Å². The van der Waals surface area contributed by atoms with Crippen LogP contribution in [0.2, 0.25) is 0 Å². The van der Waals surface area contributed by atoms with Gasteiger partial charge in [0.25, 0.3) is 10.0 Å². The number of nitrogens with zero attached hydrogens (tertiary/aromatic N) is 2. The Kier molecular flexibility index (Phi) is 6.32. The average Bonchev–Trinajstić information content (AvgIpc) is 3.22. The number of carbonyl (C=O) groups excluding carboxylic acids is 1. The Balaban J connectivity index is 1.62. The topological polar surface area (TPSA) is 104 Å². The van der Waals surface area contributed by atoms with E-state index in [0.29, 0.717) is 28.4 Å². The molecule has 1 aliphatic rings. The lowest BCUT2D eigenvalue weighted by Gasteiger charge is -2.30. The predicted octanol–water partition coefficient (Wildman–Crippen LogP) is 2.18. The number of amides is 1. The number of sulfonamides is 2. The Bertz CT molecular complexity index is 1070. The molecule has 2 aromatic rings. The van der Waals surface area contributed by atoms with Crippen molar-refractivity contribution >= 4 is 48.7 Å². The number of carbonyl (C=O) groups is 1. The van der Waals surface area contributed by atoms with Crippen molar-refractivity contribution in [2.24, 2.45) is 5.92 Å². The highest BCUT2D eigenvalue weighted by molar-refractivity contribution is 7.92. The molecular formula is C18H23N3O5S3. The molecule has 2 heterocycles. The number of benzene rings is 1. The maximum atomic E-state index is 12.6. The third kappa shape index (κ3) is 4.97. The molecule has 158 valence electrons. The van der Waals surface area contributed by atoms with Crippen LogP contribution in [0.25, 0.3) is 0 Å². The average molecular weight is 458 g/mol. The van der Waals surface area contributed by atoms with Gasteiger partial charge in [0.15, 0.2) is 0 Å². The summed E-state index contributed by atoms with van der Waals surface area (Å²) < 4.78 is 51.4. The fourth-order valence-corrected chi connectivity index (χ4v) is 6.22. The van der Waals surface area contributed by atoms with Gasteiger partial charge in [-0.05, 0) is 42.5 Å². The Morgan fingerprint density at radius 2 is 1.83 bits per heavy atom. The number of anilines is 2. The smallest absolute Gasteiger partial charge is 0.252 e. The van der Waals surface area contributed by atoms with Crippen molar-refractivity contribution in [1.29, 1.82) is 0 Å². The van der Waals surface area contributed by atoms with Crippen LogP contribution >= 0.6 is 11.3 Å². The van der Waals surface area contributed by atoms with E-state index in [1.54, 1.807) is 41.8 Å². The molecule has 0 bridgehead atoms. The SMILES string of the molecule is CN(c1cccc(NC(=O)C2CCN(S(=O)(=O)c3cccs3)CC2)c1)S(C)(=O)=O. The minimum Gasteiger partial charge on any atom is -0.326 e. The van der Waals surface area contributed by atoms with Crippen molar-refractivity contribution in [3.8, 4) is 0 Å². The molecule has 3 rings (SSSR count). The quantitative estimate of drug-likeness (QED) is 0.716. The van der Waals surface area contributed by atoms with Crippen LogP contribution in [0.5, 0.6) is 0 Å². The van der Waals surface area contributed by atoms with Gasteiger partial charge in [-0.1, -0.05) is 12.1 Å². The lowest BCUT2D eigenvalue weighted by molar-refractivity contribution is -0.120. The van der Waals surface area contributed by atoms with E-state index >= 15 is 0 Å². The number of hydrogen-bond donors (Lipinski definition) is 1. The first kappa shape index (κ1) is 21.8. The second-order valence-corrected chi connectivity index (χ2v) is 12.0. The van der Waals surface area contributed by atoms with Crippen LogP contribution in [0.3, 0.4) is 0 Å². The van der Waals surface area contributed by atoms with Crippen molar-refractivity contribution in [1.82, 2.24) is 4.31 Å². The van der Waals surface area contributed by atoms with E-state index in [0.717, 1.165) is 10.6 Å². The molecule has 0 radical (unpaired) electrons. The number of hydrogen-bond acceptors (Lipinski definition) is 6. The van der Waals surface area contributed by atoms with E-state index in [1.807, 2.05) is 0 Å². The standard InChI is InChI=1S/C18H23N3O5S3/c1-20(28(2,23)24)16-6-3-5-15(13-16)19-18(22)14-8-10-21(11-9-14)29(25,26)17-7-4-12-27-17/h3-7,12-14H,8-11H2,1-2H3,(H,19,22). The van der Waals surface area contributed by atoms with Gasteiger partial charge in [-0.2, -0.15) is 4.31 Å². The maximum absolute atomic E-state index is 12.6. The molecule has 11 heteroatoms. The lowest BCUT2D eigenvalue weighted by atomic mass is 9.97. The maximum Gasteiger partial charge on any atom is 0.252 e.